The minimum absolute atomic E-state index is 0.00654. The lowest BCUT2D eigenvalue weighted by Crippen LogP contribution is -2.26. The highest BCUT2D eigenvalue weighted by atomic mass is 32.2. The van der Waals surface area contributed by atoms with Crippen LogP contribution in [0.4, 0.5) is 11.5 Å². The molecule has 10 nitrogen and oxygen atoms in total. The normalized spacial score (nSPS) is 10.8. The third-order valence-corrected chi connectivity index (χ3v) is 5.27. The summed E-state index contributed by atoms with van der Waals surface area (Å²) in [5.74, 6) is -1.91. The molecule has 3 aromatic rings. The van der Waals surface area contributed by atoms with Crippen molar-refractivity contribution < 1.29 is 27.9 Å². The summed E-state index contributed by atoms with van der Waals surface area (Å²) >= 11 is 0. The molecule has 1 heterocycles. The van der Waals surface area contributed by atoms with Gasteiger partial charge in [-0.2, -0.15) is 0 Å². The van der Waals surface area contributed by atoms with Crippen LogP contribution in [0.1, 0.15) is 20.7 Å². The quantitative estimate of drug-likeness (QED) is 0.564. The second-order valence-corrected chi connectivity index (χ2v) is 7.56. The molecular weight excluding hydrogens is 412 g/mol. The monoisotopic (exact) mass is 427 g/mol. The number of nitrogens with one attached hydrogen (secondary N) is 2. The molecule has 1 aromatic heterocycles. The number of carboxylic acids is 1. The van der Waals surface area contributed by atoms with Gasteiger partial charge in [-0.3, -0.25) is 9.52 Å². The van der Waals surface area contributed by atoms with Crippen molar-refractivity contribution in [2.24, 2.45) is 0 Å². The Balaban J connectivity index is 1.74. The molecule has 3 rings (SSSR count). The second-order valence-electron chi connectivity index (χ2n) is 5.88. The number of nitrogens with zero attached hydrogens (tertiary/aromatic N) is 2. The van der Waals surface area contributed by atoms with Crippen LogP contribution in [0.25, 0.3) is 0 Å². The summed E-state index contributed by atoms with van der Waals surface area (Å²) in [6.07, 6.45) is 0. The average Bonchev–Trinajstić information content (AvgIpc) is 2.74. The Labute approximate surface area is 171 Å². The van der Waals surface area contributed by atoms with Crippen LogP contribution in [0, 0.1) is 0 Å². The lowest BCUT2D eigenvalue weighted by Gasteiger charge is -2.11. The van der Waals surface area contributed by atoms with Crippen LogP contribution in [-0.4, -0.2) is 37.6 Å². The molecule has 0 bridgehead atoms. The van der Waals surface area contributed by atoms with E-state index in [1.165, 1.54) is 67.8 Å². The molecule has 2 N–H and O–H groups in total. The zero-order valence-electron chi connectivity index (χ0n) is 15.5. The van der Waals surface area contributed by atoms with E-state index in [4.69, 9.17) is 4.74 Å². The number of hydrogen-bond acceptors (Lipinski definition) is 8. The Kier molecular flexibility index (Phi) is 5.93. The largest absolute Gasteiger partial charge is 0.545 e. The molecule has 0 saturated heterocycles. The maximum absolute atomic E-state index is 12.5. The number of ether oxygens (including phenoxy) is 1. The third kappa shape index (κ3) is 4.70. The number of anilines is 2. The molecule has 1 amide bonds. The minimum Gasteiger partial charge on any atom is -0.545 e. The average molecular weight is 427 g/mol. The van der Waals surface area contributed by atoms with Crippen molar-refractivity contribution in [1.82, 2.24) is 10.2 Å². The van der Waals surface area contributed by atoms with Crippen molar-refractivity contribution in [3.8, 4) is 5.88 Å². The summed E-state index contributed by atoms with van der Waals surface area (Å²) in [5, 5.41) is 21.0. The van der Waals surface area contributed by atoms with Crippen LogP contribution >= 0.6 is 0 Å². The van der Waals surface area contributed by atoms with Gasteiger partial charge in [0.15, 0.2) is 5.82 Å². The number of aromatic nitrogens is 2. The molecule has 11 heteroatoms. The molecule has 0 saturated carbocycles. The van der Waals surface area contributed by atoms with E-state index < -0.39 is 21.9 Å². The van der Waals surface area contributed by atoms with Gasteiger partial charge in [-0.15, -0.1) is 10.2 Å². The first-order valence-electron chi connectivity index (χ1n) is 8.42. The first kappa shape index (κ1) is 20.7. The van der Waals surface area contributed by atoms with Crippen LogP contribution in [0.15, 0.2) is 65.6 Å². The van der Waals surface area contributed by atoms with Gasteiger partial charge < -0.3 is 20.0 Å². The van der Waals surface area contributed by atoms with Gasteiger partial charge in [0.25, 0.3) is 15.9 Å². The van der Waals surface area contributed by atoms with Crippen LogP contribution in [0.2, 0.25) is 0 Å². The van der Waals surface area contributed by atoms with Gasteiger partial charge in [-0.25, -0.2) is 8.42 Å². The number of benzene rings is 2. The molecule has 0 radical (unpaired) electrons. The van der Waals surface area contributed by atoms with Gasteiger partial charge >= 0.3 is 0 Å². The summed E-state index contributed by atoms with van der Waals surface area (Å²) < 4.78 is 32.1. The molecule has 0 aliphatic carbocycles. The van der Waals surface area contributed by atoms with Gasteiger partial charge in [0.05, 0.1) is 18.0 Å². The first-order chi connectivity index (χ1) is 14.3. The highest BCUT2D eigenvalue weighted by molar-refractivity contribution is 7.92. The van der Waals surface area contributed by atoms with E-state index in [2.05, 4.69) is 20.2 Å². The predicted molar refractivity (Wildman–Crippen MR) is 105 cm³/mol. The number of hydrogen-bond donors (Lipinski definition) is 2. The standard InChI is InChI=1S/C19H16N4O6S/c1-29-17-11-10-16(21-22-17)23-30(27,28)13-8-6-12(7-9-13)20-18(24)14-4-2-3-5-15(14)19(25)26/h2-11H,1H3,(H,20,24)(H,21,23)(H,25,26)/p-1. The number of carbonyl (C=O) groups excluding carboxylic acids is 2. The fourth-order valence-electron chi connectivity index (χ4n) is 2.45. The summed E-state index contributed by atoms with van der Waals surface area (Å²) in [6.45, 7) is 0. The van der Waals surface area contributed by atoms with Crippen molar-refractivity contribution >= 4 is 33.4 Å². The van der Waals surface area contributed by atoms with E-state index in [0.29, 0.717) is 0 Å². The van der Waals surface area contributed by atoms with E-state index in [-0.39, 0.29) is 33.4 Å². The molecule has 0 unspecified atom stereocenters. The van der Waals surface area contributed by atoms with E-state index in [1.54, 1.807) is 0 Å². The van der Waals surface area contributed by atoms with Crippen LogP contribution in [0.5, 0.6) is 5.88 Å². The summed E-state index contributed by atoms with van der Waals surface area (Å²) in [4.78, 5) is 23.4. The van der Waals surface area contributed by atoms with E-state index in [1.807, 2.05) is 0 Å². The number of carbonyl (C=O) groups is 2. The number of methoxy groups -OCH3 is 1. The molecule has 154 valence electrons. The highest BCUT2D eigenvalue weighted by Crippen LogP contribution is 2.19. The smallest absolute Gasteiger partial charge is 0.263 e. The molecule has 30 heavy (non-hydrogen) atoms. The van der Waals surface area contributed by atoms with Crippen molar-refractivity contribution in [1.29, 1.82) is 0 Å². The van der Waals surface area contributed by atoms with Crippen molar-refractivity contribution in [2.45, 2.75) is 4.90 Å². The molecule has 0 aliphatic heterocycles. The predicted octanol–water partition coefficient (Wildman–Crippen LogP) is 0.902. The van der Waals surface area contributed by atoms with Crippen LogP contribution in [-0.2, 0) is 10.0 Å². The van der Waals surface area contributed by atoms with E-state index >= 15 is 0 Å². The van der Waals surface area contributed by atoms with Crippen LogP contribution < -0.4 is 19.9 Å². The van der Waals surface area contributed by atoms with Crippen molar-refractivity contribution in [2.75, 3.05) is 17.1 Å². The topological polar surface area (TPSA) is 150 Å². The second kappa shape index (κ2) is 8.57. The fraction of sp³-hybridized carbons (Fsp3) is 0.0526. The van der Waals surface area contributed by atoms with Crippen molar-refractivity contribution in [3.63, 3.8) is 0 Å². The fourth-order valence-corrected chi connectivity index (χ4v) is 3.45. The maximum Gasteiger partial charge on any atom is 0.263 e. The zero-order valence-corrected chi connectivity index (χ0v) is 16.3. The van der Waals surface area contributed by atoms with Gasteiger partial charge in [0.2, 0.25) is 5.88 Å². The maximum atomic E-state index is 12.5. The Bertz CT molecular complexity index is 1180. The highest BCUT2D eigenvalue weighted by Gasteiger charge is 2.16. The number of aromatic carboxylic acids is 1. The minimum atomic E-state index is -3.94. The van der Waals surface area contributed by atoms with Gasteiger partial charge in [0.1, 0.15) is 0 Å². The van der Waals surface area contributed by atoms with Gasteiger partial charge in [-0.05, 0) is 36.4 Å². The van der Waals surface area contributed by atoms with Gasteiger partial charge in [-0.1, -0.05) is 18.2 Å². The van der Waals surface area contributed by atoms with Crippen LogP contribution in [0.3, 0.4) is 0 Å². The number of carboxylic acid groups (broad SMARTS) is 1. The third-order valence-electron chi connectivity index (χ3n) is 3.90. The van der Waals surface area contributed by atoms with Crippen molar-refractivity contribution in [3.05, 3.63) is 71.8 Å². The molecular formula is C19H15N4O6S-. The lowest BCUT2D eigenvalue weighted by atomic mass is 10.1. The number of amides is 1. The van der Waals surface area contributed by atoms with E-state index in [0.717, 1.165) is 0 Å². The zero-order chi connectivity index (χ0) is 21.7. The number of sulfonamides is 1. The summed E-state index contributed by atoms with van der Waals surface area (Å²) in [6, 6.07) is 13.7. The summed E-state index contributed by atoms with van der Waals surface area (Å²) in [7, 11) is -2.53. The molecule has 0 atom stereocenters. The number of rotatable bonds is 7. The molecule has 2 aromatic carbocycles. The lowest BCUT2D eigenvalue weighted by molar-refractivity contribution is -0.255. The first-order valence-corrected chi connectivity index (χ1v) is 9.91. The van der Waals surface area contributed by atoms with E-state index in [9.17, 15) is 23.1 Å². The van der Waals surface area contributed by atoms with Gasteiger partial charge in [0, 0.05) is 22.9 Å². The molecule has 0 spiro atoms. The summed E-state index contributed by atoms with van der Waals surface area (Å²) in [5.41, 5.74) is -0.0516. The Morgan fingerprint density at radius 3 is 2.17 bits per heavy atom. The SMILES string of the molecule is COc1ccc(NS(=O)(=O)c2ccc(NC(=O)c3ccccc3C(=O)[O-])cc2)nn1. The molecule has 0 fully saturated rings. The Morgan fingerprint density at radius 2 is 1.60 bits per heavy atom. The molecule has 0 aliphatic rings. The Morgan fingerprint density at radius 1 is 0.933 bits per heavy atom. The Hall–Kier alpha value is -3.99.